The molecule has 0 fully saturated rings. The second-order valence-electron chi connectivity index (χ2n) is 13.9. The summed E-state index contributed by atoms with van der Waals surface area (Å²) in [6.07, 6.45) is 44.4. The van der Waals surface area contributed by atoms with Crippen molar-refractivity contribution in [2.75, 3.05) is 6.54 Å². The van der Waals surface area contributed by atoms with Crippen LogP contribution >= 0.6 is 0 Å². The average Bonchev–Trinajstić information content (AvgIpc) is 3.07. The maximum absolute atomic E-state index is 12.7. The second kappa shape index (κ2) is 37.7. The van der Waals surface area contributed by atoms with Gasteiger partial charge in [0.25, 0.3) is 0 Å². The minimum Gasteiger partial charge on any atom is -0.480 e. The predicted octanol–water partition coefficient (Wildman–Crippen LogP) is 12.3. The first-order valence-electron chi connectivity index (χ1n) is 20.5. The Morgan fingerprint density at radius 1 is 0.542 bits per heavy atom. The van der Waals surface area contributed by atoms with Gasteiger partial charge in [-0.3, -0.25) is 14.4 Å². The van der Waals surface area contributed by atoms with Gasteiger partial charge < -0.3 is 15.2 Å². The van der Waals surface area contributed by atoms with Crippen molar-refractivity contribution in [3.8, 4) is 0 Å². The van der Waals surface area contributed by atoms with Crippen molar-refractivity contribution in [2.24, 2.45) is 0 Å². The molecule has 0 spiro atoms. The molecule has 0 aromatic carbocycles. The Hall–Kier alpha value is -2.11. The van der Waals surface area contributed by atoms with E-state index in [2.05, 4.69) is 43.5 Å². The van der Waals surface area contributed by atoms with E-state index in [1.54, 1.807) is 0 Å². The molecule has 0 aliphatic heterocycles. The van der Waals surface area contributed by atoms with Gasteiger partial charge in [-0.25, -0.2) is 0 Å². The summed E-state index contributed by atoms with van der Waals surface area (Å²) in [5.41, 5.74) is 0. The van der Waals surface area contributed by atoms with Gasteiger partial charge in [-0.1, -0.05) is 154 Å². The molecule has 0 radical (unpaired) electrons. The van der Waals surface area contributed by atoms with E-state index in [-0.39, 0.29) is 24.5 Å². The fourth-order valence-electron chi connectivity index (χ4n) is 6.07. The van der Waals surface area contributed by atoms with Gasteiger partial charge in [0, 0.05) is 12.8 Å². The van der Waals surface area contributed by atoms with Gasteiger partial charge in [0.2, 0.25) is 5.91 Å². The summed E-state index contributed by atoms with van der Waals surface area (Å²) < 4.78 is 6.01. The van der Waals surface area contributed by atoms with Gasteiger partial charge in [-0.2, -0.15) is 0 Å². The van der Waals surface area contributed by atoms with Gasteiger partial charge in [-0.15, -0.1) is 0 Å². The van der Waals surface area contributed by atoms with E-state index in [9.17, 15) is 14.4 Å². The highest BCUT2D eigenvalue weighted by Crippen LogP contribution is 2.19. The van der Waals surface area contributed by atoms with Crippen LogP contribution in [0.4, 0.5) is 0 Å². The van der Waals surface area contributed by atoms with Gasteiger partial charge in [0.15, 0.2) is 0 Å². The summed E-state index contributed by atoms with van der Waals surface area (Å²) in [6, 6.07) is 0. The maximum atomic E-state index is 12.7. The largest absolute Gasteiger partial charge is 0.480 e. The SMILES string of the molecule is CCCCCC/C=C\C/C=C\CCCCCCCC(=O)OC(CCCCCCCCCCCC)CCCCCCCC(=O)NCC(=O)O. The lowest BCUT2D eigenvalue weighted by Gasteiger charge is -2.18. The highest BCUT2D eigenvalue weighted by atomic mass is 16.5. The molecule has 0 rings (SSSR count). The number of ether oxygens (including phenoxy) is 1. The lowest BCUT2D eigenvalue weighted by Crippen LogP contribution is -2.28. The third-order valence-corrected chi connectivity index (χ3v) is 9.13. The summed E-state index contributed by atoms with van der Waals surface area (Å²) in [6.45, 7) is 4.21. The highest BCUT2D eigenvalue weighted by Gasteiger charge is 2.14. The fourth-order valence-corrected chi connectivity index (χ4v) is 6.07. The molecule has 0 bridgehead atoms. The molecule has 0 saturated carbocycles. The summed E-state index contributed by atoms with van der Waals surface area (Å²) >= 11 is 0. The summed E-state index contributed by atoms with van der Waals surface area (Å²) in [5.74, 6) is -1.24. The first kappa shape index (κ1) is 45.9. The molecule has 0 heterocycles. The van der Waals surface area contributed by atoms with E-state index in [1.165, 1.54) is 109 Å². The molecule has 6 heteroatoms. The number of carbonyl (C=O) groups is 3. The number of unbranched alkanes of at least 4 members (excludes halogenated alkanes) is 22. The molecule has 1 atom stereocenters. The van der Waals surface area contributed by atoms with Crippen LogP contribution in [0.15, 0.2) is 24.3 Å². The zero-order chi connectivity index (χ0) is 35.2. The third-order valence-electron chi connectivity index (χ3n) is 9.13. The minimum absolute atomic E-state index is 0.0241. The fraction of sp³-hybridized carbons (Fsp3) is 0.833. The molecule has 0 aromatic rings. The number of carbonyl (C=O) groups excluding carboxylic acids is 2. The molecule has 1 amide bonds. The first-order valence-corrected chi connectivity index (χ1v) is 20.5. The molecular weight excluding hydrogens is 598 g/mol. The number of aliphatic carboxylic acids is 1. The summed E-state index contributed by atoms with van der Waals surface area (Å²) in [5, 5.41) is 11.1. The number of hydrogen-bond acceptors (Lipinski definition) is 4. The quantitative estimate of drug-likeness (QED) is 0.0388. The molecule has 0 aromatic heterocycles. The standard InChI is InChI=1S/C42H77NO5/c1-3-5-7-9-11-13-15-16-17-18-19-20-22-24-29-33-37-42(47)48-39(34-30-26-23-21-14-12-10-8-6-4-2)35-31-27-25-28-32-36-40(44)43-38-41(45)46/h13,15,17-18,39H,3-12,14,16,19-38H2,1-2H3,(H,43,44)(H,45,46)/b15-13-,18-17-. The molecule has 48 heavy (non-hydrogen) atoms. The van der Waals surface area contributed by atoms with Crippen LogP contribution in [0.25, 0.3) is 0 Å². The first-order chi connectivity index (χ1) is 23.5. The summed E-state index contributed by atoms with van der Waals surface area (Å²) in [7, 11) is 0. The van der Waals surface area contributed by atoms with Gasteiger partial charge >= 0.3 is 11.9 Å². The molecule has 0 aliphatic rings. The molecule has 2 N–H and O–H groups in total. The van der Waals surface area contributed by atoms with Gasteiger partial charge in [0.1, 0.15) is 12.6 Å². The van der Waals surface area contributed by atoms with Crippen LogP contribution in [-0.2, 0) is 19.1 Å². The van der Waals surface area contributed by atoms with Gasteiger partial charge in [0.05, 0.1) is 0 Å². The van der Waals surface area contributed by atoms with E-state index in [0.29, 0.717) is 12.8 Å². The zero-order valence-corrected chi connectivity index (χ0v) is 31.6. The molecule has 280 valence electrons. The van der Waals surface area contributed by atoms with Crippen molar-refractivity contribution >= 4 is 17.8 Å². The predicted molar refractivity (Wildman–Crippen MR) is 203 cm³/mol. The van der Waals surface area contributed by atoms with Crippen LogP contribution < -0.4 is 5.32 Å². The Bertz CT molecular complexity index is 793. The van der Waals surface area contributed by atoms with Crippen molar-refractivity contribution in [1.82, 2.24) is 5.32 Å². The van der Waals surface area contributed by atoms with E-state index in [0.717, 1.165) is 77.0 Å². The average molecular weight is 676 g/mol. The number of carboxylic acids is 1. The number of carboxylic acid groups (broad SMARTS) is 1. The number of rotatable bonds is 37. The number of amides is 1. The van der Waals surface area contributed by atoms with E-state index < -0.39 is 5.97 Å². The number of hydrogen-bond donors (Lipinski definition) is 2. The Kier molecular flexibility index (Phi) is 36.0. The highest BCUT2D eigenvalue weighted by molar-refractivity contribution is 5.80. The lowest BCUT2D eigenvalue weighted by molar-refractivity contribution is -0.150. The normalized spacial score (nSPS) is 12.2. The molecular formula is C42H77NO5. The Morgan fingerprint density at radius 3 is 1.46 bits per heavy atom. The van der Waals surface area contributed by atoms with Crippen LogP contribution in [-0.4, -0.2) is 35.6 Å². The Balaban J connectivity index is 4.15. The van der Waals surface area contributed by atoms with Crippen LogP contribution in [0.1, 0.15) is 213 Å². The summed E-state index contributed by atoms with van der Waals surface area (Å²) in [4.78, 5) is 34.9. The van der Waals surface area contributed by atoms with Crippen LogP contribution in [0.2, 0.25) is 0 Å². The van der Waals surface area contributed by atoms with Crippen LogP contribution in [0.5, 0.6) is 0 Å². The Morgan fingerprint density at radius 2 is 0.958 bits per heavy atom. The topological polar surface area (TPSA) is 92.7 Å². The molecule has 1 unspecified atom stereocenters. The second-order valence-corrected chi connectivity index (χ2v) is 13.9. The van der Waals surface area contributed by atoms with E-state index >= 15 is 0 Å². The van der Waals surface area contributed by atoms with Crippen LogP contribution in [0.3, 0.4) is 0 Å². The zero-order valence-electron chi connectivity index (χ0n) is 31.6. The monoisotopic (exact) mass is 676 g/mol. The minimum atomic E-state index is -1.02. The number of allylic oxidation sites excluding steroid dienone is 4. The lowest BCUT2D eigenvalue weighted by atomic mass is 10.0. The maximum Gasteiger partial charge on any atom is 0.322 e. The van der Waals surface area contributed by atoms with Crippen molar-refractivity contribution < 1.29 is 24.2 Å². The van der Waals surface area contributed by atoms with Crippen molar-refractivity contribution in [3.63, 3.8) is 0 Å². The number of esters is 1. The molecule has 0 aliphatic carbocycles. The van der Waals surface area contributed by atoms with Crippen molar-refractivity contribution in [2.45, 2.75) is 219 Å². The smallest absolute Gasteiger partial charge is 0.322 e. The van der Waals surface area contributed by atoms with Crippen molar-refractivity contribution in [1.29, 1.82) is 0 Å². The van der Waals surface area contributed by atoms with E-state index in [1.807, 2.05) is 0 Å². The van der Waals surface area contributed by atoms with Crippen LogP contribution in [0, 0.1) is 0 Å². The van der Waals surface area contributed by atoms with E-state index in [4.69, 9.17) is 9.84 Å². The third kappa shape index (κ3) is 36.7. The molecule has 6 nitrogen and oxygen atoms in total. The number of nitrogens with one attached hydrogen (secondary N) is 1. The Labute approximate surface area is 296 Å². The molecule has 0 saturated heterocycles. The van der Waals surface area contributed by atoms with Crippen molar-refractivity contribution in [3.05, 3.63) is 24.3 Å². The van der Waals surface area contributed by atoms with Gasteiger partial charge in [-0.05, 0) is 70.6 Å².